The summed E-state index contributed by atoms with van der Waals surface area (Å²) in [6.45, 7) is 5.25. The second-order valence-corrected chi connectivity index (χ2v) is 10.5. The van der Waals surface area contributed by atoms with Gasteiger partial charge in [0.15, 0.2) is 17.9 Å². The molecule has 5 atom stereocenters. The van der Waals surface area contributed by atoms with E-state index < -0.39 is 36.2 Å². The van der Waals surface area contributed by atoms with Gasteiger partial charge in [0.05, 0.1) is 37.6 Å². The summed E-state index contributed by atoms with van der Waals surface area (Å²) in [5.74, 6) is -0.649. The number of methoxy groups -OCH3 is 1. The number of fused-ring (bicyclic) bond motifs is 3. The van der Waals surface area contributed by atoms with Crippen molar-refractivity contribution in [3.8, 4) is 11.3 Å². The second kappa shape index (κ2) is 9.96. The van der Waals surface area contributed by atoms with Crippen LogP contribution in [-0.2, 0) is 14.2 Å². The largest absolute Gasteiger partial charge is 0.453 e. The Morgan fingerprint density at radius 1 is 1.26 bits per heavy atom. The Bertz CT molecular complexity index is 1420. The third-order valence-corrected chi connectivity index (χ3v) is 7.59. The lowest BCUT2D eigenvalue weighted by Gasteiger charge is -2.32. The molecule has 0 aliphatic carbocycles. The minimum absolute atomic E-state index is 0.0769. The monoisotopic (exact) mass is 544 g/mol. The molecule has 39 heavy (non-hydrogen) atoms. The fourth-order valence-corrected chi connectivity index (χ4v) is 5.74. The number of carbonyl (C=O) groups is 1. The molecule has 1 aromatic carbocycles. The lowest BCUT2D eigenvalue weighted by Crippen LogP contribution is -2.48. The normalized spacial score (nSPS) is 26.5. The molecule has 3 fully saturated rings. The van der Waals surface area contributed by atoms with Crippen molar-refractivity contribution in [2.45, 2.75) is 63.2 Å². The number of carbonyl (C=O) groups excluding carboxylic acids is 1. The van der Waals surface area contributed by atoms with E-state index in [-0.39, 0.29) is 40.8 Å². The van der Waals surface area contributed by atoms with E-state index in [2.05, 4.69) is 20.3 Å². The average Bonchev–Trinajstić information content (AvgIpc) is 3.65. The Kier molecular flexibility index (Phi) is 6.60. The molecular formula is C26H30F2N6O5. The molecule has 2 bridgehead atoms. The summed E-state index contributed by atoms with van der Waals surface area (Å²) >= 11 is 0. The topological polar surface area (TPSA) is 124 Å². The van der Waals surface area contributed by atoms with Crippen LogP contribution in [0.4, 0.5) is 19.5 Å². The highest BCUT2D eigenvalue weighted by molar-refractivity contribution is 5.83. The van der Waals surface area contributed by atoms with Crippen LogP contribution in [0.5, 0.6) is 0 Å². The second-order valence-electron chi connectivity index (χ2n) is 10.5. The third-order valence-electron chi connectivity index (χ3n) is 7.59. The van der Waals surface area contributed by atoms with Crippen LogP contribution in [0.2, 0.25) is 0 Å². The summed E-state index contributed by atoms with van der Waals surface area (Å²) in [5.41, 5.74) is 0.833. The number of benzene rings is 1. The highest BCUT2D eigenvalue weighted by Gasteiger charge is 2.43. The van der Waals surface area contributed by atoms with Crippen molar-refractivity contribution in [2.24, 2.45) is 0 Å². The number of hydrogen-bond acceptors (Lipinski definition) is 9. The predicted octanol–water partition coefficient (Wildman–Crippen LogP) is 3.19. The fourth-order valence-electron chi connectivity index (χ4n) is 5.74. The number of halogens is 2. The van der Waals surface area contributed by atoms with Gasteiger partial charge in [-0.05, 0) is 38.8 Å². The lowest BCUT2D eigenvalue weighted by molar-refractivity contribution is -0.156. The molecule has 13 heteroatoms. The highest BCUT2D eigenvalue weighted by Crippen LogP contribution is 2.36. The number of anilines is 1. The molecule has 1 amide bonds. The zero-order chi connectivity index (χ0) is 27.4. The highest BCUT2D eigenvalue weighted by atomic mass is 19.1. The summed E-state index contributed by atoms with van der Waals surface area (Å²) in [5, 5.41) is 13.6. The van der Waals surface area contributed by atoms with Gasteiger partial charge < -0.3 is 34.1 Å². The SMILES string of the molecule is COC(=O)N1CC[C@@H](c2nc3c(F)cc(-c4nc(N[C@@H]5C[C@H]6CO[C@H](O6)[C@H]5O)ncc4F)cc3n2C(C)C)C1. The maximum absolute atomic E-state index is 15.5. The standard InChI is InChI=1S/C26H30F2N6O5/c1-12(2)34-19-7-14(6-16(27)21(19)31-23(34)13-4-5-33(10-13)26(36)37-3)20-17(28)9-29-25(32-20)30-18-8-15-11-38-24(39-15)22(18)35/h6-7,9,12-13,15,18,22,24,35H,4-5,8,10-11H2,1-3H3,(H,29,30,32)/t13-,15+,18-,22+,24-/m1/s1. The smallest absolute Gasteiger partial charge is 0.409 e. The quantitative estimate of drug-likeness (QED) is 0.498. The first-order valence-electron chi connectivity index (χ1n) is 13.0. The number of aromatic nitrogens is 4. The number of likely N-dealkylation sites (tertiary alicyclic amines) is 1. The first kappa shape index (κ1) is 25.8. The number of ether oxygens (including phenoxy) is 3. The minimum Gasteiger partial charge on any atom is -0.453 e. The van der Waals surface area contributed by atoms with Gasteiger partial charge in [-0.2, -0.15) is 0 Å². The Labute approximate surface area is 223 Å². The average molecular weight is 545 g/mol. The maximum atomic E-state index is 15.5. The number of rotatable bonds is 5. The summed E-state index contributed by atoms with van der Waals surface area (Å²) in [7, 11) is 1.34. The first-order chi connectivity index (χ1) is 18.7. The number of imidazole rings is 1. The minimum atomic E-state index is -0.945. The van der Waals surface area contributed by atoms with Crippen molar-refractivity contribution < 1.29 is 32.9 Å². The van der Waals surface area contributed by atoms with Gasteiger partial charge in [-0.1, -0.05) is 0 Å². The number of hydrogen-bond donors (Lipinski definition) is 2. The molecule has 6 rings (SSSR count). The Morgan fingerprint density at radius 3 is 2.85 bits per heavy atom. The van der Waals surface area contributed by atoms with Crippen LogP contribution in [0.15, 0.2) is 18.3 Å². The Hall–Kier alpha value is -3.42. The maximum Gasteiger partial charge on any atom is 0.409 e. The van der Waals surface area contributed by atoms with E-state index in [0.29, 0.717) is 43.9 Å². The van der Waals surface area contributed by atoms with E-state index in [1.807, 2.05) is 18.4 Å². The molecular weight excluding hydrogens is 514 g/mol. The van der Waals surface area contributed by atoms with Crippen molar-refractivity contribution in [1.29, 1.82) is 0 Å². The lowest BCUT2D eigenvalue weighted by atomic mass is 10.0. The Balaban J connectivity index is 1.35. The van der Waals surface area contributed by atoms with E-state index >= 15 is 8.78 Å². The summed E-state index contributed by atoms with van der Waals surface area (Å²) < 4.78 is 48.2. The molecule has 0 unspecified atom stereocenters. The molecule has 3 aliphatic heterocycles. The molecule has 208 valence electrons. The molecule has 3 aromatic rings. The summed E-state index contributed by atoms with van der Waals surface area (Å²) in [6.07, 6.45) is -0.0805. The van der Waals surface area contributed by atoms with E-state index in [1.54, 1.807) is 11.0 Å². The van der Waals surface area contributed by atoms with Crippen LogP contribution < -0.4 is 5.32 Å². The molecule has 5 heterocycles. The van der Waals surface area contributed by atoms with Gasteiger partial charge in [0.25, 0.3) is 0 Å². The van der Waals surface area contributed by atoms with Gasteiger partial charge in [-0.25, -0.2) is 28.5 Å². The predicted molar refractivity (Wildman–Crippen MR) is 135 cm³/mol. The zero-order valence-electron chi connectivity index (χ0n) is 21.8. The van der Waals surface area contributed by atoms with Gasteiger partial charge >= 0.3 is 6.09 Å². The number of aliphatic hydroxyl groups excluding tert-OH is 1. The molecule has 3 saturated heterocycles. The van der Waals surface area contributed by atoms with Crippen LogP contribution >= 0.6 is 0 Å². The zero-order valence-corrected chi connectivity index (χ0v) is 21.8. The number of nitrogens with one attached hydrogen (secondary N) is 1. The van der Waals surface area contributed by atoms with E-state index in [9.17, 15) is 9.90 Å². The molecule has 11 nitrogen and oxygen atoms in total. The van der Waals surface area contributed by atoms with Gasteiger partial charge in [-0.15, -0.1) is 0 Å². The molecule has 0 radical (unpaired) electrons. The van der Waals surface area contributed by atoms with Crippen LogP contribution in [0, 0.1) is 11.6 Å². The van der Waals surface area contributed by atoms with Crippen LogP contribution in [-0.4, -0.2) is 87.0 Å². The first-order valence-corrected chi connectivity index (χ1v) is 13.0. The van der Waals surface area contributed by atoms with Gasteiger partial charge in [0, 0.05) is 30.6 Å². The van der Waals surface area contributed by atoms with Crippen molar-refractivity contribution in [3.05, 3.63) is 35.8 Å². The van der Waals surface area contributed by atoms with Crippen molar-refractivity contribution >= 4 is 23.1 Å². The summed E-state index contributed by atoms with van der Waals surface area (Å²) in [4.78, 5) is 26.6. The molecule has 0 spiro atoms. The van der Waals surface area contributed by atoms with E-state index in [1.165, 1.54) is 13.2 Å². The van der Waals surface area contributed by atoms with Gasteiger partial charge in [0.1, 0.15) is 23.1 Å². The fraction of sp³-hybridized carbons (Fsp3) is 0.538. The molecule has 2 N–H and O–H groups in total. The van der Waals surface area contributed by atoms with Crippen molar-refractivity contribution in [2.75, 3.05) is 32.1 Å². The number of aliphatic hydroxyl groups is 1. The number of nitrogens with zero attached hydrogens (tertiary/aromatic N) is 5. The Morgan fingerprint density at radius 2 is 2.08 bits per heavy atom. The van der Waals surface area contributed by atoms with Crippen molar-refractivity contribution in [1.82, 2.24) is 24.4 Å². The van der Waals surface area contributed by atoms with E-state index in [4.69, 9.17) is 14.2 Å². The van der Waals surface area contributed by atoms with Crippen LogP contribution in [0.3, 0.4) is 0 Å². The van der Waals surface area contributed by atoms with Gasteiger partial charge in [0.2, 0.25) is 5.95 Å². The molecule has 0 saturated carbocycles. The molecule has 2 aromatic heterocycles. The third kappa shape index (κ3) is 4.57. The number of amides is 1. The van der Waals surface area contributed by atoms with E-state index in [0.717, 1.165) is 6.20 Å². The van der Waals surface area contributed by atoms with Gasteiger partial charge in [-0.3, -0.25) is 0 Å². The van der Waals surface area contributed by atoms with Crippen LogP contribution in [0.1, 0.15) is 44.5 Å². The van der Waals surface area contributed by atoms with Crippen molar-refractivity contribution in [3.63, 3.8) is 0 Å². The molecule has 3 aliphatic rings. The van der Waals surface area contributed by atoms with Crippen LogP contribution in [0.25, 0.3) is 22.3 Å². The summed E-state index contributed by atoms with van der Waals surface area (Å²) in [6, 6.07) is 2.36.